The molecule has 7 heteroatoms. The van der Waals surface area contributed by atoms with E-state index in [0.717, 1.165) is 50.1 Å². The van der Waals surface area contributed by atoms with Crippen LogP contribution in [0.3, 0.4) is 0 Å². The number of likely N-dealkylation sites (tertiary alicyclic amines) is 1. The molecule has 1 atom stereocenters. The van der Waals surface area contributed by atoms with Gasteiger partial charge in [0.2, 0.25) is 0 Å². The largest absolute Gasteiger partial charge is 0.497 e. The minimum atomic E-state index is 0.185. The molecule has 152 valence electrons. The lowest BCUT2D eigenvalue weighted by molar-refractivity contribution is 0.321. The maximum absolute atomic E-state index is 5.38. The van der Waals surface area contributed by atoms with Crippen LogP contribution in [-0.4, -0.2) is 68.8 Å². The summed E-state index contributed by atoms with van der Waals surface area (Å²) in [5, 5.41) is 7.01. The summed E-state index contributed by atoms with van der Waals surface area (Å²) in [4.78, 5) is 6.83. The van der Waals surface area contributed by atoms with E-state index in [1.165, 1.54) is 5.56 Å². The molecule has 0 spiro atoms. The average molecular weight is 395 g/mol. The van der Waals surface area contributed by atoms with Crippen LogP contribution in [0, 0.1) is 0 Å². The maximum Gasteiger partial charge on any atom is 0.191 e. The van der Waals surface area contributed by atoms with Crippen molar-refractivity contribution in [2.24, 2.45) is 4.99 Å². The Morgan fingerprint density at radius 2 is 1.93 bits per heavy atom. The lowest BCUT2D eigenvalue weighted by Gasteiger charge is -2.25. The minimum Gasteiger partial charge on any atom is -0.497 e. The second kappa shape index (κ2) is 10.1. The van der Waals surface area contributed by atoms with Crippen molar-refractivity contribution in [3.8, 4) is 11.5 Å². The first-order valence-corrected chi connectivity index (χ1v) is 10.6. The van der Waals surface area contributed by atoms with E-state index in [9.17, 15) is 0 Å². The zero-order chi connectivity index (χ0) is 19.9. The Kier molecular flexibility index (Phi) is 8.10. The van der Waals surface area contributed by atoms with Crippen molar-refractivity contribution >= 4 is 17.7 Å². The molecule has 1 heterocycles. The number of hydrogen-bond acceptors (Lipinski definition) is 5. The van der Waals surface area contributed by atoms with Crippen LogP contribution in [0.4, 0.5) is 0 Å². The number of methoxy groups -OCH3 is 2. The van der Waals surface area contributed by atoms with Gasteiger partial charge in [-0.2, -0.15) is 11.8 Å². The molecule has 0 amide bonds. The van der Waals surface area contributed by atoms with Crippen molar-refractivity contribution in [1.82, 2.24) is 15.5 Å². The highest BCUT2D eigenvalue weighted by Crippen LogP contribution is 2.24. The molecule has 1 aliphatic heterocycles. The van der Waals surface area contributed by atoms with Gasteiger partial charge < -0.3 is 20.1 Å². The summed E-state index contributed by atoms with van der Waals surface area (Å²) in [5.41, 5.74) is 1.20. The van der Waals surface area contributed by atoms with Crippen molar-refractivity contribution < 1.29 is 9.47 Å². The Labute approximate surface area is 168 Å². The zero-order valence-electron chi connectivity index (χ0n) is 17.5. The average Bonchev–Trinajstić information content (AvgIpc) is 3.11. The summed E-state index contributed by atoms with van der Waals surface area (Å²) in [6.45, 7) is 8.29. The molecule has 2 N–H and O–H groups in total. The fraction of sp³-hybridized carbons (Fsp3) is 0.650. The molecule has 0 radical (unpaired) electrons. The van der Waals surface area contributed by atoms with Crippen LogP contribution in [0.5, 0.6) is 11.5 Å². The lowest BCUT2D eigenvalue weighted by Crippen LogP contribution is -2.47. The molecule has 0 aliphatic carbocycles. The van der Waals surface area contributed by atoms with Crippen molar-refractivity contribution in [2.45, 2.75) is 37.6 Å². The fourth-order valence-corrected chi connectivity index (χ4v) is 3.28. The highest BCUT2D eigenvalue weighted by molar-refractivity contribution is 7.99. The number of nitrogens with zero attached hydrogens (tertiary/aromatic N) is 2. The topological polar surface area (TPSA) is 58.1 Å². The summed E-state index contributed by atoms with van der Waals surface area (Å²) < 4.78 is 10.9. The summed E-state index contributed by atoms with van der Waals surface area (Å²) in [6.07, 6.45) is 3.24. The fourth-order valence-electron chi connectivity index (χ4n) is 3.07. The first-order chi connectivity index (χ1) is 12.9. The number of hydrogen-bond donors (Lipinski definition) is 2. The van der Waals surface area contributed by atoms with E-state index in [1.807, 2.05) is 24.9 Å². The number of rotatable bonds is 8. The number of benzene rings is 1. The van der Waals surface area contributed by atoms with Gasteiger partial charge in [0.05, 0.1) is 14.2 Å². The summed E-state index contributed by atoms with van der Waals surface area (Å²) in [6, 6.07) is 6.47. The SMILES string of the molecule is CN=C(NCC(C)(C)SC)NC1CCN(Cc2cc(OC)cc(OC)c2)C1. The highest BCUT2D eigenvalue weighted by atomic mass is 32.2. The standard InChI is InChI=1S/C20H34N4O2S/c1-20(2,27-6)14-22-19(21-3)23-16-7-8-24(13-16)12-15-9-17(25-4)11-18(10-15)26-5/h9-11,16H,7-8,12-14H2,1-6H3,(H2,21,22,23). The monoisotopic (exact) mass is 394 g/mol. The predicted octanol–water partition coefficient (Wildman–Crippen LogP) is 2.58. The quantitative estimate of drug-likeness (QED) is 0.522. The van der Waals surface area contributed by atoms with E-state index in [-0.39, 0.29) is 4.75 Å². The number of thioether (sulfide) groups is 1. The van der Waals surface area contributed by atoms with Crippen molar-refractivity contribution in [1.29, 1.82) is 0 Å². The van der Waals surface area contributed by atoms with Gasteiger partial charge >= 0.3 is 0 Å². The molecular weight excluding hydrogens is 360 g/mol. The molecular formula is C20H34N4O2S. The van der Waals surface area contributed by atoms with E-state index in [4.69, 9.17) is 9.47 Å². The first-order valence-electron chi connectivity index (χ1n) is 9.35. The molecule has 2 rings (SSSR count). The number of aliphatic imine (C=N–C) groups is 1. The van der Waals surface area contributed by atoms with Gasteiger partial charge in [-0.3, -0.25) is 9.89 Å². The van der Waals surface area contributed by atoms with Crippen LogP contribution >= 0.6 is 11.8 Å². The molecule has 1 aromatic carbocycles. The van der Waals surface area contributed by atoms with Crippen molar-refractivity contribution in [3.05, 3.63) is 23.8 Å². The Morgan fingerprint density at radius 3 is 2.48 bits per heavy atom. The second-order valence-electron chi connectivity index (χ2n) is 7.48. The van der Waals surface area contributed by atoms with Crippen molar-refractivity contribution in [2.75, 3.05) is 47.2 Å². The van der Waals surface area contributed by atoms with Crippen LogP contribution in [0.1, 0.15) is 25.8 Å². The summed E-state index contributed by atoms with van der Waals surface area (Å²) >= 11 is 1.86. The van der Waals surface area contributed by atoms with Gasteiger partial charge in [0, 0.05) is 50.1 Å². The van der Waals surface area contributed by atoms with E-state index in [2.05, 4.69) is 52.8 Å². The first kappa shape index (κ1) is 21.7. The molecule has 1 aliphatic rings. The van der Waals surface area contributed by atoms with Crippen LogP contribution < -0.4 is 20.1 Å². The van der Waals surface area contributed by atoms with Gasteiger partial charge in [-0.05, 0) is 44.2 Å². The van der Waals surface area contributed by atoms with Crippen LogP contribution in [0.2, 0.25) is 0 Å². The Hall–Kier alpha value is -1.60. The van der Waals surface area contributed by atoms with Gasteiger partial charge in [-0.25, -0.2) is 0 Å². The normalized spacial score (nSPS) is 18.4. The molecule has 1 fully saturated rings. The number of ether oxygens (including phenoxy) is 2. The lowest BCUT2D eigenvalue weighted by atomic mass is 10.2. The van der Waals surface area contributed by atoms with Crippen molar-refractivity contribution in [3.63, 3.8) is 0 Å². The molecule has 6 nitrogen and oxygen atoms in total. The number of guanidine groups is 1. The number of nitrogens with one attached hydrogen (secondary N) is 2. The molecule has 0 aromatic heterocycles. The molecule has 0 bridgehead atoms. The third-order valence-corrected chi connectivity index (χ3v) is 6.14. The molecule has 0 saturated carbocycles. The van der Waals surface area contributed by atoms with Gasteiger partial charge in [-0.15, -0.1) is 0 Å². The highest BCUT2D eigenvalue weighted by Gasteiger charge is 2.24. The zero-order valence-corrected chi connectivity index (χ0v) is 18.3. The molecule has 1 aromatic rings. The molecule has 1 saturated heterocycles. The Morgan fingerprint density at radius 1 is 1.26 bits per heavy atom. The van der Waals surface area contributed by atoms with Crippen LogP contribution in [0.25, 0.3) is 0 Å². The second-order valence-corrected chi connectivity index (χ2v) is 8.99. The van der Waals surface area contributed by atoms with E-state index >= 15 is 0 Å². The van der Waals surface area contributed by atoms with E-state index < -0.39 is 0 Å². The van der Waals surface area contributed by atoms with E-state index in [0.29, 0.717) is 6.04 Å². The Bertz CT molecular complexity index is 614. The molecule has 27 heavy (non-hydrogen) atoms. The maximum atomic E-state index is 5.38. The summed E-state index contributed by atoms with van der Waals surface area (Å²) in [5.74, 6) is 2.55. The molecule has 1 unspecified atom stereocenters. The van der Waals surface area contributed by atoms with Crippen LogP contribution in [0.15, 0.2) is 23.2 Å². The predicted molar refractivity (Wildman–Crippen MR) is 115 cm³/mol. The Balaban J connectivity index is 1.87. The smallest absolute Gasteiger partial charge is 0.191 e. The van der Waals surface area contributed by atoms with Crippen LogP contribution in [-0.2, 0) is 6.54 Å². The third kappa shape index (κ3) is 6.81. The summed E-state index contributed by atoms with van der Waals surface area (Å²) in [7, 11) is 5.20. The van der Waals surface area contributed by atoms with E-state index in [1.54, 1.807) is 14.2 Å². The minimum absolute atomic E-state index is 0.185. The third-order valence-electron chi connectivity index (χ3n) is 4.89. The van der Waals surface area contributed by atoms with Gasteiger partial charge in [-0.1, -0.05) is 0 Å². The van der Waals surface area contributed by atoms with Gasteiger partial charge in [0.1, 0.15) is 11.5 Å². The van der Waals surface area contributed by atoms with Gasteiger partial charge in [0.15, 0.2) is 5.96 Å². The van der Waals surface area contributed by atoms with Gasteiger partial charge in [0.25, 0.3) is 0 Å².